The lowest BCUT2D eigenvalue weighted by molar-refractivity contribution is 0.588. The molecule has 0 aliphatic heterocycles. The molecule has 2 aromatic rings. The van der Waals surface area contributed by atoms with E-state index in [1.807, 2.05) is 18.4 Å². The molecule has 15 heavy (non-hydrogen) atoms. The third-order valence-corrected chi connectivity index (χ3v) is 3.19. The first-order valence-corrected chi connectivity index (χ1v) is 5.37. The van der Waals surface area contributed by atoms with Crippen LogP contribution in [0.5, 0.6) is 0 Å². The van der Waals surface area contributed by atoms with Crippen LogP contribution < -0.4 is 5.73 Å². The molecular weight excluding hydrogens is 188 g/mol. The third kappa shape index (κ3) is 1.63. The molecule has 0 saturated heterocycles. The molecule has 0 unspecified atom stereocenters. The number of rotatable bonds is 3. The second-order valence-corrected chi connectivity index (χ2v) is 4.47. The molecule has 3 rings (SSSR count). The van der Waals surface area contributed by atoms with E-state index in [9.17, 15) is 0 Å². The smallest absolute Gasteiger partial charge is 0.152 e. The van der Waals surface area contributed by atoms with Gasteiger partial charge in [-0.3, -0.25) is 4.98 Å². The van der Waals surface area contributed by atoms with Crippen molar-refractivity contribution in [2.45, 2.75) is 31.2 Å². The molecule has 1 saturated carbocycles. The van der Waals surface area contributed by atoms with Crippen LogP contribution in [-0.4, -0.2) is 10.5 Å². The van der Waals surface area contributed by atoms with Gasteiger partial charge in [-0.05, 0) is 37.8 Å². The molecule has 0 aromatic carbocycles. The fourth-order valence-electron chi connectivity index (χ4n) is 1.89. The monoisotopic (exact) mass is 202 g/mol. The van der Waals surface area contributed by atoms with Crippen LogP contribution in [0.15, 0.2) is 29.0 Å². The van der Waals surface area contributed by atoms with Crippen LogP contribution in [-0.2, 0) is 6.42 Å². The first kappa shape index (κ1) is 8.92. The molecule has 2 heterocycles. The Bertz CT molecular complexity index is 485. The fraction of sp³-hybridized carbons (Fsp3) is 0.417. The second-order valence-electron chi connectivity index (χ2n) is 4.47. The average Bonchev–Trinajstić information content (AvgIpc) is 2.86. The average molecular weight is 202 g/mol. The van der Waals surface area contributed by atoms with Gasteiger partial charge in [-0.2, -0.15) is 0 Å². The van der Waals surface area contributed by atoms with Crippen molar-refractivity contribution in [3.05, 3.63) is 30.2 Å². The molecule has 0 bridgehead atoms. The number of pyridine rings is 1. The molecule has 3 heteroatoms. The maximum Gasteiger partial charge on any atom is 0.152 e. The van der Waals surface area contributed by atoms with Crippen LogP contribution in [0.1, 0.15) is 24.8 Å². The van der Waals surface area contributed by atoms with Crippen LogP contribution in [0.3, 0.4) is 0 Å². The van der Waals surface area contributed by atoms with Crippen molar-refractivity contribution in [2.24, 2.45) is 5.73 Å². The van der Waals surface area contributed by atoms with E-state index >= 15 is 0 Å². The van der Waals surface area contributed by atoms with E-state index in [-0.39, 0.29) is 5.54 Å². The quantitative estimate of drug-likeness (QED) is 0.830. The van der Waals surface area contributed by atoms with Gasteiger partial charge in [-0.25, -0.2) is 0 Å². The van der Waals surface area contributed by atoms with Gasteiger partial charge in [0, 0.05) is 17.3 Å². The predicted molar refractivity (Wildman–Crippen MR) is 58.5 cm³/mol. The van der Waals surface area contributed by atoms with E-state index in [1.54, 1.807) is 6.20 Å². The minimum Gasteiger partial charge on any atom is -0.462 e. The Morgan fingerprint density at radius 1 is 1.47 bits per heavy atom. The molecule has 1 aliphatic rings. The molecule has 2 N–H and O–H groups in total. The Hall–Kier alpha value is -1.35. The zero-order chi connectivity index (χ0) is 10.3. The Morgan fingerprint density at radius 2 is 2.33 bits per heavy atom. The highest BCUT2D eigenvalue weighted by atomic mass is 16.3. The molecule has 2 aromatic heterocycles. The van der Waals surface area contributed by atoms with E-state index in [0.717, 1.165) is 36.8 Å². The maximum absolute atomic E-state index is 6.06. The SMILES string of the molecule is NC1(CCc2coc3cccnc23)CC1. The summed E-state index contributed by atoms with van der Waals surface area (Å²) >= 11 is 0. The summed E-state index contributed by atoms with van der Waals surface area (Å²) < 4.78 is 5.43. The number of hydrogen-bond acceptors (Lipinski definition) is 3. The third-order valence-electron chi connectivity index (χ3n) is 3.19. The van der Waals surface area contributed by atoms with Gasteiger partial charge in [0.1, 0.15) is 5.52 Å². The van der Waals surface area contributed by atoms with Crippen molar-refractivity contribution in [3.8, 4) is 0 Å². The highest BCUT2D eigenvalue weighted by Gasteiger charge is 2.37. The first-order valence-electron chi connectivity index (χ1n) is 5.37. The second kappa shape index (κ2) is 3.07. The molecule has 3 nitrogen and oxygen atoms in total. The van der Waals surface area contributed by atoms with E-state index in [1.165, 1.54) is 5.56 Å². The molecule has 78 valence electrons. The van der Waals surface area contributed by atoms with Crippen molar-refractivity contribution >= 4 is 11.1 Å². The van der Waals surface area contributed by atoms with Crippen LogP contribution >= 0.6 is 0 Å². The summed E-state index contributed by atoms with van der Waals surface area (Å²) in [7, 11) is 0. The largest absolute Gasteiger partial charge is 0.462 e. The van der Waals surface area contributed by atoms with Crippen LogP contribution in [0.25, 0.3) is 11.1 Å². The summed E-state index contributed by atoms with van der Waals surface area (Å²) in [6, 6.07) is 3.84. The summed E-state index contributed by atoms with van der Waals surface area (Å²) in [6.45, 7) is 0. The van der Waals surface area contributed by atoms with Crippen LogP contribution in [0.4, 0.5) is 0 Å². The number of aryl methyl sites for hydroxylation is 1. The predicted octanol–water partition coefficient (Wildman–Crippen LogP) is 2.25. The Morgan fingerprint density at radius 3 is 3.13 bits per heavy atom. The topological polar surface area (TPSA) is 52.0 Å². The molecule has 0 radical (unpaired) electrons. The highest BCUT2D eigenvalue weighted by Crippen LogP contribution is 2.37. The van der Waals surface area contributed by atoms with Crippen LogP contribution in [0.2, 0.25) is 0 Å². The number of furan rings is 1. The van der Waals surface area contributed by atoms with E-state index in [2.05, 4.69) is 4.98 Å². The zero-order valence-corrected chi connectivity index (χ0v) is 8.57. The van der Waals surface area contributed by atoms with Crippen molar-refractivity contribution in [3.63, 3.8) is 0 Å². The number of fused-ring (bicyclic) bond motifs is 1. The van der Waals surface area contributed by atoms with Crippen molar-refractivity contribution in [1.29, 1.82) is 0 Å². The summed E-state index contributed by atoms with van der Waals surface area (Å²) in [4.78, 5) is 4.33. The Balaban J connectivity index is 1.84. The van der Waals surface area contributed by atoms with Gasteiger partial charge in [0.2, 0.25) is 0 Å². The standard InChI is InChI=1S/C12H14N2O/c13-12(5-6-12)4-3-9-8-15-10-2-1-7-14-11(9)10/h1-2,7-8H,3-6,13H2. The molecule has 0 spiro atoms. The van der Waals surface area contributed by atoms with Gasteiger partial charge in [0.25, 0.3) is 0 Å². The molecule has 0 amide bonds. The maximum atomic E-state index is 6.06. The number of aromatic nitrogens is 1. The first-order chi connectivity index (χ1) is 7.27. The van der Waals surface area contributed by atoms with E-state index in [0.29, 0.717) is 0 Å². The fourth-order valence-corrected chi connectivity index (χ4v) is 1.89. The van der Waals surface area contributed by atoms with Gasteiger partial charge < -0.3 is 10.2 Å². The van der Waals surface area contributed by atoms with E-state index in [4.69, 9.17) is 10.2 Å². The summed E-state index contributed by atoms with van der Waals surface area (Å²) in [5.74, 6) is 0. The number of nitrogens with zero attached hydrogens (tertiary/aromatic N) is 1. The van der Waals surface area contributed by atoms with Gasteiger partial charge in [-0.15, -0.1) is 0 Å². The van der Waals surface area contributed by atoms with Crippen LogP contribution in [0, 0.1) is 0 Å². The van der Waals surface area contributed by atoms with E-state index < -0.39 is 0 Å². The normalized spacial score (nSPS) is 18.2. The molecule has 0 atom stereocenters. The van der Waals surface area contributed by atoms with Gasteiger partial charge in [-0.1, -0.05) is 0 Å². The Kier molecular flexibility index (Phi) is 1.83. The lowest BCUT2D eigenvalue weighted by Crippen LogP contribution is -2.21. The summed E-state index contributed by atoms with van der Waals surface area (Å²) in [5.41, 5.74) is 9.21. The van der Waals surface area contributed by atoms with Gasteiger partial charge in [0.15, 0.2) is 5.58 Å². The van der Waals surface area contributed by atoms with Gasteiger partial charge >= 0.3 is 0 Å². The minimum atomic E-state index is 0.109. The van der Waals surface area contributed by atoms with Gasteiger partial charge in [0.05, 0.1) is 6.26 Å². The lowest BCUT2D eigenvalue weighted by atomic mass is 10.1. The minimum absolute atomic E-state index is 0.109. The number of nitrogens with two attached hydrogens (primary N) is 1. The lowest BCUT2D eigenvalue weighted by Gasteiger charge is -2.05. The van der Waals surface area contributed by atoms with Crippen molar-refractivity contribution in [2.75, 3.05) is 0 Å². The summed E-state index contributed by atoms with van der Waals surface area (Å²) in [6.07, 6.45) is 7.95. The zero-order valence-electron chi connectivity index (χ0n) is 8.57. The van der Waals surface area contributed by atoms with Crippen molar-refractivity contribution in [1.82, 2.24) is 4.98 Å². The van der Waals surface area contributed by atoms with Crippen molar-refractivity contribution < 1.29 is 4.42 Å². The molecule has 1 aliphatic carbocycles. The number of hydrogen-bond donors (Lipinski definition) is 1. The Labute approximate surface area is 88.3 Å². The summed E-state index contributed by atoms with van der Waals surface area (Å²) in [5, 5.41) is 0. The molecule has 1 fully saturated rings. The molecular formula is C12H14N2O. The highest BCUT2D eigenvalue weighted by molar-refractivity contribution is 5.75.